The number of carbonyl (C=O) groups is 1. The molecule has 0 unspecified atom stereocenters. The minimum Gasteiger partial charge on any atom is -0.472 e. The number of hydrogen-bond donors (Lipinski definition) is 1. The molecule has 0 spiro atoms. The molecule has 6 nitrogen and oxygen atoms in total. The van der Waals surface area contributed by atoms with E-state index in [1.165, 1.54) is 24.5 Å². The van der Waals surface area contributed by atoms with Crippen molar-refractivity contribution in [3.8, 4) is 11.9 Å². The van der Waals surface area contributed by atoms with E-state index < -0.39 is 11.7 Å². The van der Waals surface area contributed by atoms with Gasteiger partial charge in [0.15, 0.2) is 0 Å². The van der Waals surface area contributed by atoms with Crippen LogP contribution in [0, 0.1) is 11.3 Å². The summed E-state index contributed by atoms with van der Waals surface area (Å²) in [6, 6.07) is 6.52. The van der Waals surface area contributed by atoms with E-state index in [4.69, 9.17) is 10.00 Å². The molecule has 0 saturated heterocycles. The van der Waals surface area contributed by atoms with Gasteiger partial charge in [0.2, 0.25) is 11.6 Å². The molecular weight excluding hydrogens is 385 g/mol. The molecule has 3 rings (SSSR count). The number of nitrogens with one attached hydrogen (secondary N) is 1. The number of nitriles is 1. The van der Waals surface area contributed by atoms with Crippen LogP contribution in [-0.4, -0.2) is 28.0 Å². The SMILES string of the molecule is N#Cc1nccnc1OC1CCC(NC(=O)Cc2ccc(C(F)(F)F)cc2)CC1. The van der Waals surface area contributed by atoms with Gasteiger partial charge in [0.1, 0.15) is 12.2 Å². The number of halogens is 3. The van der Waals surface area contributed by atoms with Crippen molar-refractivity contribution < 1.29 is 22.7 Å². The molecule has 9 heteroatoms. The molecule has 1 N–H and O–H groups in total. The van der Waals surface area contributed by atoms with Crippen molar-refractivity contribution in [1.82, 2.24) is 15.3 Å². The van der Waals surface area contributed by atoms with Crippen LogP contribution in [0.25, 0.3) is 0 Å². The zero-order valence-electron chi connectivity index (χ0n) is 15.4. The Balaban J connectivity index is 1.45. The van der Waals surface area contributed by atoms with E-state index in [9.17, 15) is 18.0 Å². The van der Waals surface area contributed by atoms with Gasteiger partial charge in [-0.3, -0.25) is 4.79 Å². The molecule has 1 heterocycles. The average Bonchev–Trinajstić information content (AvgIpc) is 2.69. The Morgan fingerprint density at radius 2 is 1.79 bits per heavy atom. The molecule has 1 aromatic carbocycles. The minimum atomic E-state index is -4.39. The molecule has 1 aliphatic carbocycles. The molecule has 1 fully saturated rings. The third-order valence-electron chi connectivity index (χ3n) is 4.73. The molecule has 1 aliphatic rings. The van der Waals surface area contributed by atoms with Crippen LogP contribution < -0.4 is 10.1 Å². The van der Waals surface area contributed by atoms with E-state index in [2.05, 4.69) is 15.3 Å². The van der Waals surface area contributed by atoms with E-state index in [0.29, 0.717) is 31.2 Å². The zero-order chi connectivity index (χ0) is 20.9. The molecular formula is C20H19F3N4O2. The summed E-state index contributed by atoms with van der Waals surface area (Å²) < 4.78 is 43.5. The summed E-state index contributed by atoms with van der Waals surface area (Å²) in [5.41, 5.74) is -0.0682. The van der Waals surface area contributed by atoms with Gasteiger partial charge >= 0.3 is 6.18 Å². The van der Waals surface area contributed by atoms with Gasteiger partial charge in [-0.15, -0.1) is 0 Å². The number of carbonyl (C=O) groups excluding carboxylic acids is 1. The largest absolute Gasteiger partial charge is 0.472 e. The van der Waals surface area contributed by atoms with Gasteiger partial charge in [-0.1, -0.05) is 12.1 Å². The quantitative estimate of drug-likeness (QED) is 0.825. The highest BCUT2D eigenvalue weighted by Gasteiger charge is 2.30. The average molecular weight is 404 g/mol. The fraction of sp³-hybridized carbons (Fsp3) is 0.400. The smallest absolute Gasteiger partial charge is 0.416 e. The normalized spacial score (nSPS) is 19.2. The Bertz CT molecular complexity index is 886. The summed E-state index contributed by atoms with van der Waals surface area (Å²) >= 11 is 0. The van der Waals surface area contributed by atoms with Crippen molar-refractivity contribution >= 4 is 5.91 Å². The minimum absolute atomic E-state index is 0.0194. The standard InChI is InChI=1S/C20H19F3N4O2/c21-20(22,23)14-3-1-13(2-4-14)11-18(28)27-15-5-7-16(8-6-15)29-19-17(12-24)25-9-10-26-19/h1-4,9-10,15-16H,5-8,11H2,(H,27,28). The zero-order valence-corrected chi connectivity index (χ0v) is 15.4. The molecule has 0 bridgehead atoms. The molecule has 2 aromatic rings. The summed E-state index contributed by atoms with van der Waals surface area (Å²) in [5, 5.41) is 12.0. The van der Waals surface area contributed by atoms with Gasteiger partial charge < -0.3 is 10.1 Å². The Hall–Kier alpha value is -3.15. The second-order valence-corrected chi connectivity index (χ2v) is 6.85. The maximum Gasteiger partial charge on any atom is 0.416 e. The number of rotatable bonds is 5. The third-order valence-corrected chi connectivity index (χ3v) is 4.73. The van der Waals surface area contributed by atoms with Crippen LogP contribution in [0.4, 0.5) is 13.2 Å². The highest BCUT2D eigenvalue weighted by Crippen LogP contribution is 2.29. The lowest BCUT2D eigenvalue weighted by molar-refractivity contribution is -0.137. The van der Waals surface area contributed by atoms with Crippen LogP contribution in [0.5, 0.6) is 5.88 Å². The lowest BCUT2D eigenvalue weighted by Crippen LogP contribution is -2.40. The van der Waals surface area contributed by atoms with Crippen LogP contribution in [0.15, 0.2) is 36.7 Å². The first-order valence-electron chi connectivity index (χ1n) is 9.18. The second-order valence-electron chi connectivity index (χ2n) is 6.85. The Morgan fingerprint density at radius 1 is 1.14 bits per heavy atom. The van der Waals surface area contributed by atoms with E-state index in [-0.39, 0.29) is 36.0 Å². The number of benzene rings is 1. The molecule has 0 atom stereocenters. The van der Waals surface area contributed by atoms with Crippen molar-refractivity contribution in [2.45, 2.75) is 50.4 Å². The van der Waals surface area contributed by atoms with Crippen molar-refractivity contribution in [2.24, 2.45) is 0 Å². The van der Waals surface area contributed by atoms with Crippen LogP contribution in [0.2, 0.25) is 0 Å². The van der Waals surface area contributed by atoms with Gasteiger partial charge in [0.25, 0.3) is 5.88 Å². The van der Waals surface area contributed by atoms with Crippen LogP contribution >= 0.6 is 0 Å². The lowest BCUT2D eigenvalue weighted by atomic mass is 9.92. The van der Waals surface area contributed by atoms with Gasteiger partial charge in [-0.2, -0.15) is 18.4 Å². The van der Waals surface area contributed by atoms with Gasteiger partial charge in [-0.05, 0) is 43.4 Å². The Morgan fingerprint density at radius 3 is 2.41 bits per heavy atom. The number of alkyl halides is 3. The van der Waals surface area contributed by atoms with Crippen molar-refractivity contribution in [3.63, 3.8) is 0 Å². The van der Waals surface area contributed by atoms with Crippen molar-refractivity contribution in [3.05, 3.63) is 53.5 Å². The number of hydrogen-bond acceptors (Lipinski definition) is 5. The molecule has 29 heavy (non-hydrogen) atoms. The monoisotopic (exact) mass is 404 g/mol. The predicted octanol–water partition coefficient (Wildman–Crippen LogP) is 3.42. The predicted molar refractivity (Wildman–Crippen MR) is 96.7 cm³/mol. The lowest BCUT2D eigenvalue weighted by Gasteiger charge is -2.29. The van der Waals surface area contributed by atoms with E-state index in [1.54, 1.807) is 0 Å². The summed E-state index contributed by atoms with van der Waals surface area (Å²) in [7, 11) is 0. The van der Waals surface area contributed by atoms with Crippen LogP contribution in [0.1, 0.15) is 42.5 Å². The molecule has 1 aromatic heterocycles. The fourth-order valence-electron chi connectivity index (χ4n) is 3.25. The highest BCUT2D eigenvalue weighted by molar-refractivity contribution is 5.78. The second kappa shape index (κ2) is 8.90. The topological polar surface area (TPSA) is 87.9 Å². The van der Waals surface area contributed by atoms with Gasteiger partial charge in [-0.25, -0.2) is 9.97 Å². The van der Waals surface area contributed by atoms with Gasteiger partial charge in [0.05, 0.1) is 12.0 Å². The van der Waals surface area contributed by atoms with Crippen LogP contribution in [-0.2, 0) is 17.4 Å². The molecule has 0 aliphatic heterocycles. The van der Waals surface area contributed by atoms with E-state index in [1.807, 2.05) is 6.07 Å². The first-order valence-corrected chi connectivity index (χ1v) is 9.18. The first kappa shape index (κ1) is 20.6. The number of aromatic nitrogens is 2. The Kier molecular flexibility index (Phi) is 6.32. The number of ether oxygens (including phenoxy) is 1. The fourth-order valence-corrected chi connectivity index (χ4v) is 3.25. The first-order chi connectivity index (χ1) is 13.8. The van der Waals surface area contributed by atoms with Crippen molar-refractivity contribution in [1.29, 1.82) is 5.26 Å². The summed E-state index contributed by atoms with van der Waals surface area (Å²) in [6.07, 6.45) is 1.19. The van der Waals surface area contributed by atoms with Crippen molar-refractivity contribution in [2.75, 3.05) is 0 Å². The Labute approximate surface area is 165 Å². The molecule has 0 radical (unpaired) electrons. The van der Waals surface area contributed by atoms with E-state index in [0.717, 1.165) is 12.1 Å². The summed E-state index contributed by atoms with van der Waals surface area (Å²) in [4.78, 5) is 20.1. The summed E-state index contributed by atoms with van der Waals surface area (Å²) in [6.45, 7) is 0. The highest BCUT2D eigenvalue weighted by atomic mass is 19.4. The van der Waals surface area contributed by atoms with Crippen LogP contribution in [0.3, 0.4) is 0 Å². The number of amides is 1. The molecule has 1 amide bonds. The number of nitrogens with zero attached hydrogens (tertiary/aromatic N) is 3. The molecule has 1 saturated carbocycles. The maximum absolute atomic E-state index is 12.6. The summed E-state index contributed by atoms with van der Waals surface area (Å²) in [5.74, 6) is -0.0143. The van der Waals surface area contributed by atoms with Gasteiger partial charge in [0, 0.05) is 18.4 Å². The molecule has 152 valence electrons. The third kappa shape index (κ3) is 5.67. The van der Waals surface area contributed by atoms with E-state index >= 15 is 0 Å². The maximum atomic E-state index is 12.6.